The molecule has 0 N–H and O–H groups in total. The van der Waals surface area contributed by atoms with Gasteiger partial charge in [0.25, 0.3) is 5.24 Å². The SMILES string of the molecule is N#Cc1c(C(=O)Cl)ccc(C(F)(F)F)c1I. The number of nitrogens with zero attached hydrogens (tertiary/aromatic N) is 1. The molecule has 0 spiro atoms. The zero-order chi connectivity index (χ0) is 12.5. The van der Waals surface area contributed by atoms with Crippen molar-refractivity contribution in [2.75, 3.05) is 0 Å². The molecule has 1 aromatic carbocycles. The Bertz CT molecular complexity index is 493. The number of hydrogen-bond donors (Lipinski definition) is 0. The van der Waals surface area contributed by atoms with Crippen LogP contribution in [-0.4, -0.2) is 5.24 Å². The molecule has 0 saturated heterocycles. The summed E-state index contributed by atoms with van der Waals surface area (Å²) < 4.78 is 37.1. The molecule has 0 unspecified atom stereocenters. The molecule has 1 rings (SSSR count). The van der Waals surface area contributed by atoms with Crippen LogP contribution in [0.5, 0.6) is 0 Å². The fourth-order valence-electron chi connectivity index (χ4n) is 1.07. The van der Waals surface area contributed by atoms with Crippen molar-refractivity contribution in [3.8, 4) is 6.07 Å². The van der Waals surface area contributed by atoms with Gasteiger partial charge >= 0.3 is 6.18 Å². The summed E-state index contributed by atoms with van der Waals surface area (Å²) in [6, 6.07) is 3.18. The highest BCUT2D eigenvalue weighted by atomic mass is 127. The van der Waals surface area contributed by atoms with E-state index in [0.717, 1.165) is 12.1 Å². The highest BCUT2D eigenvalue weighted by molar-refractivity contribution is 14.1. The minimum absolute atomic E-state index is 0.221. The molecule has 0 aliphatic rings. The number of halogens is 5. The van der Waals surface area contributed by atoms with Gasteiger partial charge in [-0.2, -0.15) is 18.4 Å². The van der Waals surface area contributed by atoms with Gasteiger partial charge in [0.15, 0.2) is 0 Å². The van der Waals surface area contributed by atoms with Crippen molar-refractivity contribution < 1.29 is 18.0 Å². The van der Waals surface area contributed by atoms with Gasteiger partial charge in [-0.05, 0) is 46.3 Å². The summed E-state index contributed by atoms with van der Waals surface area (Å²) in [5, 5.41) is 7.75. The first-order chi connectivity index (χ1) is 7.29. The van der Waals surface area contributed by atoms with Crippen LogP contribution in [0.4, 0.5) is 13.2 Å². The van der Waals surface area contributed by atoms with Crippen molar-refractivity contribution in [2.24, 2.45) is 0 Å². The number of alkyl halides is 3. The molecule has 0 aliphatic carbocycles. The fraction of sp³-hybridized carbons (Fsp3) is 0.111. The molecule has 0 heterocycles. The Morgan fingerprint density at radius 2 is 2.00 bits per heavy atom. The lowest BCUT2D eigenvalue weighted by Gasteiger charge is -2.11. The molecular formula is C9H2ClF3INO. The average molecular weight is 359 g/mol. The summed E-state index contributed by atoms with van der Waals surface area (Å²) in [5.41, 5.74) is -1.52. The van der Waals surface area contributed by atoms with Crippen LogP contribution in [-0.2, 0) is 6.18 Å². The minimum Gasteiger partial charge on any atom is -0.276 e. The van der Waals surface area contributed by atoms with Crippen LogP contribution in [0.1, 0.15) is 21.5 Å². The first kappa shape index (κ1) is 13.3. The highest BCUT2D eigenvalue weighted by Gasteiger charge is 2.34. The Morgan fingerprint density at radius 1 is 1.44 bits per heavy atom. The van der Waals surface area contributed by atoms with Crippen molar-refractivity contribution in [1.29, 1.82) is 5.26 Å². The lowest BCUT2D eigenvalue weighted by atomic mass is 10.1. The molecule has 0 radical (unpaired) electrons. The molecular weight excluding hydrogens is 357 g/mol. The van der Waals surface area contributed by atoms with E-state index in [1.165, 1.54) is 22.6 Å². The molecule has 0 bridgehead atoms. The third-order valence-corrected chi connectivity index (χ3v) is 3.09. The Morgan fingerprint density at radius 3 is 2.38 bits per heavy atom. The van der Waals surface area contributed by atoms with Crippen molar-refractivity contribution in [2.45, 2.75) is 6.18 Å². The predicted molar refractivity (Wildman–Crippen MR) is 59.1 cm³/mol. The van der Waals surface area contributed by atoms with Crippen LogP contribution in [0.3, 0.4) is 0 Å². The van der Waals surface area contributed by atoms with E-state index in [0.29, 0.717) is 0 Å². The van der Waals surface area contributed by atoms with Gasteiger partial charge in [-0.25, -0.2) is 0 Å². The maximum Gasteiger partial charge on any atom is 0.417 e. The summed E-state index contributed by atoms with van der Waals surface area (Å²) in [6.45, 7) is 0. The van der Waals surface area contributed by atoms with E-state index in [9.17, 15) is 18.0 Å². The van der Waals surface area contributed by atoms with E-state index in [4.69, 9.17) is 16.9 Å². The topological polar surface area (TPSA) is 40.9 Å². The van der Waals surface area contributed by atoms with Gasteiger partial charge in [0.1, 0.15) is 6.07 Å². The molecule has 1 aromatic rings. The molecule has 0 saturated carbocycles. The predicted octanol–water partition coefficient (Wildman–Crippen LogP) is 3.56. The molecule has 0 atom stereocenters. The van der Waals surface area contributed by atoms with Crippen molar-refractivity contribution in [3.05, 3.63) is 32.4 Å². The lowest BCUT2D eigenvalue weighted by molar-refractivity contribution is -0.138. The molecule has 2 nitrogen and oxygen atoms in total. The molecule has 0 fully saturated rings. The third kappa shape index (κ3) is 2.47. The van der Waals surface area contributed by atoms with E-state index < -0.39 is 17.0 Å². The first-order valence-corrected chi connectivity index (χ1v) is 5.24. The summed E-state index contributed by atoms with van der Waals surface area (Å²) in [7, 11) is 0. The number of rotatable bonds is 1. The average Bonchev–Trinajstić information content (AvgIpc) is 2.14. The van der Waals surface area contributed by atoms with Crippen molar-refractivity contribution >= 4 is 39.4 Å². The van der Waals surface area contributed by atoms with Gasteiger partial charge in [-0.1, -0.05) is 0 Å². The fourth-order valence-corrected chi connectivity index (χ4v) is 2.12. The second-order valence-electron chi connectivity index (χ2n) is 2.73. The molecule has 7 heteroatoms. The molecule has 0 amide bonds. The Labute approximate surface area is 107 Å². The maximum absolute atomic E-state index is 12.5. The Balaban J connectivity index is 3.55. The van der Waals surface area contributed by atoms with Gasteiger partial charge in [-0.3, -0.25) is 4.79 Å². The van der Waals surface area contributed by atoms with E-state index in [1.807, 2.05) is 0 Å². The smallest absolute Gasteiger partial charge is 0.276 e. The Kier molecular flexibility index (Phi) is 3.80. The van der Waals surface area contributed by atoms with Gasteiger partial charge in [0.05, 0.1) is 16.7 Å². The normalized spacial score (nSPS) is 11.0. The van der Waals surface area contributed by atoms with Crippen molar-refractivity contribution in [1.82, 2.24) is 0 Å². The van der Waals surface area contributed by atoms with Crippen LogP contribution < -0.4 is 0 Å². The molecule has 0 aliphatic heterocycles. The van der Waals surface area contributed by atoms with Crippen LogP contribution in [0, 0.1) is 14.9 Å². The third-order valence-electron chi connectivity index (χ3n) is 1.77. The van der Waals surface area contributed by atoms with Gasteiger partial charge < -0.3 is 0 Å². The minimum atomic E-state index is -4.56. The monoisotopic (exact) mass is 359 g/mol. The van der Waals surface area contributed by atoms with Crippen LogP contribution in [0.15, 0.2) is 12.1 Å². The van der Waals surface area contributed by atoms with E-state index in [-0.39, 0.29) is 14.7 Å². The Hall–Kier alpha value is -0.810. The second-order valence-corrected chi connectivity index (χ2v) is 4.15. The number of carbonyl (C=O) groups excluding carboxylic acids is 1. The van der Waals surface area contributed by atoms with Gasteiger partial charge in [0, 0.05) is 3.57 Å². The summed E-state index contributed by atoms with van der Waals surface area (Å²) in [6.07, 6.45) is -4.56. The number of carbonyl (C=O) groups is 1. The van der Waals surface area contributed by atoms with Gasteiger partial charge in [0.2, 0.25) is 0 Å². The summed E-state index contributed by atoms with van der Waals surface area (Å²) >= 11 is 6.52. The largest absolute Gasteiger partial charge is 0.417 e. The van der Waals surface area contributed by atoms with Crippen LogP contribution in [0.25, 0.3) is 0 Å². The number of benzene rings is 1. The highest BCUT2D eigenvalue weighted by Crippen LogP contribution is 2.35. The standard InChI is InChI=1S/C9H2ClF3INO/c10-8(16)4-1-2-6(9(11,12)13)7(14)5(4)3-15/h1-2H. The van der Waals surface area contributed by atoms with Crippen LogP contribution >= 0.6 is 34.2 Å². The molecule has 84 valence electrons. The number of nitriles is 1. The zero-order valence-electron chi connectivity index (χ0n) is 7.40. The summed E-state index contributed by atoms with van der Waals surface area (Å²) in [5.74, 6) is 0. The van der Waals surface area contributed by atoms with E-state index >= 15 is 0 Å². The quantitative estimate of drug-likeness (QED) is 0.568. The van der Waals surface area contributed by atoms with E-state index in [2.05, 4.69) is 0 Å². The molecule has 16 heavy (non-hydrogen) atoms. The maximum atomic E-state index is 12.5. The van der Waals surface area contributed by atoms with Crippen LogP contribution in [0.2, 0.25) is 0 Å². The summed E-state index contributed by atoms with van der Waals surface area (Å²) in [4.78, 5) is 10.9. The lowest BCUT2D eigenvalue weighted by Crippen LogP contribution is -2.10. The number of hydrogen-bond acceptors (Lipinski definition) is 2. The van der Waals surface area contributed by atoms with E-state index in [1.54, 1.807) is 6.07 Å². The molecule has 0 aromatic heterocycles. The zero-order valence-corrected chi connectivity index (χ0v) is 10.3. The second kappa shape index (κ2) is 4.59. The van der Waals surface area contributed by atoms with Gasteiger partial charge in [-0.15, -0.1) is 0 Å². The first-order valence-electron chi connectivity index (χ1n) is 3.78. The van der Waals surface area contributed by atoms with Crippen molar-refractivity contribution in [3.63, 3.8) is 0 Å².